The fourth-order valence-corrected chi connectivity index (χ4v) is 4.04. The van der Waals surface area contributed by atoms with E-state index < -0.39 is 5.54 Å². The van der Waals surface area contributed by atoms with Crippen LogP contribution in [0.1, 0.15) is 18.1 Å². The van der Waals surface area contributed by atoms with E-state index in [0.717, 1.165) is 11.1 Å². The van der Waals surface area contributed by atoms with E-state index in [9.17, 15) is 9.18 Å². The van der Waals surface area contributed by atoms with Crippen LogP contribution in [-0.4, -0.2) is 23.8 Å². The molecular formula is C24H23FN4O2. The number of carbonyl (C=O) groups excluding carboxylic acids is 1. The summed E-state index contributed by atoms with van der Waals surface area (Å²) in [7, 11) is 1.56. The third-order valence-corrected chi connectivity index (χ3v) is 5.62. The molecule has 7 heteroatoms. The number of amides is 1. The summed E-state index contributed by atoms with van der Waals surface area (Å²) in [5, 5.41) is 0. The summed E-state index contributed by atoms with van der Waals surface area (Å²) in [6, 6.07) is 10.2. The fraction of sp³-hybridized carbons (Fsp3) is 0.167. The Hall–Kier alpha value is -3.87. The highest BCUT2D eigenvalue weighted by molar-refractivity contribution is 6.10. The van der Waals surface area contributed by atoms with Crippen molar-refractivity contribution in [1.82, 2.24) is 4.90 Å². The lowest BCUT2D eigenvalue weighted by atomic mass is 9.78. The van der Waals surface area contributed by atoms with Crippen LogP contribution in [0.3, 0.4) is 0 Å². The molecule has 2 aliphatic rings. The molecule has 1 unspecified atom stereocenters. The number of guanidine groups is 1. The van der Waals surface area contributed by atoms with Crippen molar-refractivity contribution in [3.8, 4) is 16.9 Å². The Kier molecular flexibility index (Phi) is 4.89. The maximum absolute atomic E-state index is 14.2. The Morgan fingerprint density at radius 1 is 1.26 bits per heavy atom. The molecule has 0 aromatic heterocycles. The summed E-state index contributed by atoms with van der Waals surface area (Å²) >= 11 is 0. The van der Waals surface area contributed by atoms with Gasteiger partial charge in [-0.2, -0.15) is 0 Å². The average Bonchev–Trinajstić information content (AvgIpc) is 2.99. The number of fused-ring (bicyclic) bond motifs is 2. The Morgan fingerprint density at radius 2 is 2.03 bits per heavy atom. The molecular weight excluding hydrogens is 395 g/mol. The lowest BCUT2D eigenvalue weighted by molar-refractivity contribution is -0.129. The number of aryl methyl sites for hydroxylation is 1. The van der Waals surface area contributed by atoms with E-state index >= 15 is 0 Å². The second-order valence-corrected chi connectivity index (χ2v) is 7.41. The number of hydrogen-bond acceptors (Lipinski definition) is 5. The quantitative estimate of drug-likeness (QED) is 0.799. The van der Waals surface area contributed by atoms with Gasteiger partial charge in [-0.3, -0.25) is 9.69 Å². The molecule has 6 nitrogen and oxygen atoms in total. The van der Waals surface area contributed by atoms with Gasteiger partial charge in [0, 0.05) is 24.4 Å². The molecule has 2 aromatic carbocycles. The zero-order chi connectivity index (χ0) is 22.3. The molecule has 4 N–H and O–H groups in total. The van der Waals surface area contributed by atoms with Crippen LogP contribution in [0.5, 0.6) is 5.75 Å². The molecule has 0 saturated heterocycles. The number of rotatable bonds is 3. The summed E-state index contributed by atoms with van der Waals surface area (Å²) in [6.45, 7) is 5.71. The van der Waals surface area contributed by atoms with Crippen molar-refractivity contribution >= 4 is 11.9 Å². The van der Waals surface area contributed by atoms with Gasteiger partial charge in [-0.05, 0) is 47.4 Å². The maximum atomic E-state index is 14.2. The Morgan fingerprint density at radius 3 is 2.65 bits per heavy atom. The predicted molar refractivity (Wildman–Crippen MR) is 118 cm³/mol. The zero-order valence-electron chi connectivity index (χ0n) is 17.4. The van der Waals surface area contributed by atoms with Crippen LogP contribution in [0, 0.1) is 5.82 Å². The summed E-state index contributed by atoms with van der Waals surface area (Å²) in [4.78, 5) is 19.3. The highest BCUT2D eigenvalue weighted by atomic mass is 19.1. The second kappa shape index (κ2) is 7.43. The standard InChI is InChI=1S/C24H23FN4O2/c1-4-6-18-21(13-26)31-20-8-7-15(16-9-14(5-2)10-17(25)11-16)12-19(20)24(18)22(30)29(3)23(27)28-24/h4,6-13H,1,5,26H2,2-3H3,(H2,27,28)/b18-6?,21-13+. The minimum absolute atomic E-state index is 0.0774. The van der Waals surface area contributed by atoms with Crippen molar-refractivity contribution in [3.05, 3.63) is 89.6 Å². The normalized spacial score (nSPS) is 22.6. The van der Waals surface area contributed by atoms with Crippen molar-refractivity contribution in [2.24, 2.45) is 16.5 Å². The molecule has 4 rings (SSSR count). The molecule has 2 aromatic rings. The molecule has 2 heterocycles. The van der Waals surface area contributed by atoms with Gasteiger partial charge in [0.05, 0.1) is 0 Å². The number of ether oxygens (including phenoxy) is 1. The lowest BCUT2D eigenvalue weighted by Gasteiger charge is -2.35. The van der Waals surface area contributed by atoms with Crippen LogP contribution in [0.25, 0.3) is 11.1 Å². The van der Waals surface area contributed by atoms with Crippen molar-refractivity contribution in [1.29, 1.82) is 0 Å². The molecule has 158 valence electrons. The van der Waals surface area contributed by atoms with Gasteiger partial charge >= 0.3 is 0 Å². The number of halogens is 1. The molecule has 1 spiro atoms. The van der Waals surface area contributed by atoms with Gasteiger partial charge in [-0.25, -0.2) is 9.38 Å². The minimum atomic E-state index is -1.47. The third kappa shape index (κ3) is 3.01. The number of benzene rings is 2. The van der Waals surface area contributed by atoms with Gasteiger partial charge in [0.15, 0.2) is 5.96 Å². The molecule has 0 saturated carbocycles. The van der Waals surface area contributed by atoms with Crippen molar-refractivity contribution in [2.75, 3.05) is 7.05 Å². The number of allylic oxidation sites excluding steroid dienone is 2. The van der Waals surface area contributed by atoms with E-state index in [1.807, 2.05) is 19.1 Å². The minimum Gasteiger partial charge on any atom is -0.455 e. The van der Waals surface area contributed by atoms with Gasteiger partial charge in [0.25, 0.3) is 5.91 Å². The van der Waals surface area contributed by atoms with E-state index in [1.54, 1.807) is 25.3 Å². The predicted octanol–water partition coefficient (Wildman–Crippen LogP) is 3.34. The second-order valence-electron chi connectivity index (χ2n) is 7.41. The molecule has 1 amide bonds. The summed E-state index contributed by atoms with van der Waals surface area (Å²) in [6.07, 6.45) is 5.16. The summed E-state index contributed by atoms with van der Waals surface area (Å²) in [5.74, 6) is 0.132. The van der Waals surface area contributed by atoms with Gasteiger partial charge in [0.1, 0.15) is 17.3 Å². The van der Waals surface area contributed by atoms with Crippen LogP contribution >= 0.6 is 0 Å². The highest BCUT2D eigenvalue weighted by Gasteiger charge is 2.55. The lowest BCUT2D eigenvalue weighted by Crippen LogP contribution is -2.44. The number of nitrogens with two attached hydrogens (primary N) is 2. The van der Waals surface area contributed by atoms with Gasteiger partial charge in [-0.1, -0.05) is 37.8 Å². The molecule has 0 aliphatic carbocycles. The smallest absolute Gasteiger partial charge is 0.266 e. The van der Waals surface area contributed by atoms with Crippen molar-refractivity contribution in [2.45, 2.75) is 18.9 Å². The number of hydrogen-bond donors (Lipinski definition) is 2. The van der Waals surface area contributed by atoms with E-state index in [2.05, 4.69) is 11.6 Å². The van der Waals surface area contributed by atoms with Crippen LogP contribution < -0.4 is 16.2 Å². The number of nitrogens with zero attached hydrogens (tertiary/aromatic N) is 2. The van der Waals surface area contributed by atoms with Crippen LogP contribution in [0.4, 0.5) is 4.39 Å². The SMILES string of the molecule is C=CC=C1/C(=C\N)Oc2ccc(-c3cc(F)cc(CC)c3)cc2C12N=C(N)N(C)C2=O. The molecule has 0 fully saturated rings. The topological polar surface area (TPSA) is 93.9 Å². The van der Waals surface area contributed by atoms with E-state index in [-0.39, 0.29) is 17.7 Å². The van der Waals surface area contributed by atoms with Crippen LogP contribution in [0.15, 0.2) is 77.7 Å². The van der Waals surface area contributed by atoms with Gasteiger partial charge < -0.3 is 16.2 Å². The molecule has 0 bridgehead atoms. The fourth-order valence-electron chi connectivity index (χ4n) is 4.04. The molecule has 31 heavy (non-hydrogen) atoms. The third-order valence-electron chi connectivity index (χ3n) is 5.62. The zero-order valence-corrected chi connectivity index (χ0v) is 17.4. The first-order valence-corrected chi connectivity index (χ1v) is 9.86. The largest absolute Gasteiger partial charge is 0.455 e. The highest BCUT2D eigenvalue weighted by Crippen LogP contribution is 2.51. The molecule has 1 atom stereocenters. The van der Waals surface area contributed by atoms with E-state index in [4.69, 9.17) is 16.2 Å². The maximum Gasteiger partial charge on any atom is 0.266 e. The van der Waals surface area contributed by atoms with E-state index in [1.165, 1.54) is 29.3 Å². The van der Waals surface area contributed by atoms with E-state index in [0.29, 0.717) is 34.6 Å². The Balaban J connectivity index is 2.02. The number of likely N-dealkylation sites (N-methyl/N-ethyl adjacent to an activating group) is 1. The summed E-state index contributed by atoms with van der Waals surface area (Å²) in [5.41, 5.74) is 13.6. The first-order chi connectivity index (χ1) is 14.8. The number of carbonyl (C=O) groups is 1. The molecule has 0 radical (unpaired) electrons. The van der Waals surface area contributed by atoms with Crippen LogP contribution in [-0.2, 0) is 16.8 Å². The van der Waals surface area contributed by atoms with Gasteiger partial charge in [0.2, 0.25) is 5.54 Å². The monoisotopic (exact) mass is 418 g/mol. The Labute approximate surface area is 180 Å². The van der Waals surface area contributed by atoms with Gasteiger partial charge in [-0.15, -0.1) is 0 Å². The Bertz CT molecular complexity index is 1200. The summed E-state index contributed by atoms with van der Waals surface area (Å²) < 4.78 is 20.2. The first kappa shape index (κ1) is 20.4. The first-order valence-electron chi connectivity index (χ1n) is 9.86. The average molecular weight is 418 g/mol. The molecule has 2 aliphatic heterocycles. The number of aliphatic imine (C=N–C) groups is 1. The van der Waals surface area contributed by atoms with Crippen molar-refractivity contribution in [3.63, 3.8) is 0 Å². The van der Waals surface area contributed by atoms with Crippen molar-refractivity contribution < 1.29 is 13.9 Å². The van der Waals surface area contributed by atoms with Crippen LogP contribution in [0.2, 0.25) is 0 Å².